The van der Waals surface area contributed by atoms with Gasteiger partial charge in [0.15, 0.2) is 5.82 Å². The van der Waals surface area contributed by atoms with Gasteiger partial charge in [-0.1, -0.05) is 147 Å². The Labute approximate surface area is 307 Å². The Balaban J connectivity index is 1.27. The molecule has 11 rings (SSSR count). The van der Waals surface area contributed by atoms with Crippen molar-refractivity contribution in [2.45, 2.75) is 19.3 Å². The fourth-order valence-electron chi connectivity index (χ4n) is 8.92. The molecule has 250 valence electrons. The molecule has 0 fully saturated rings. The van der Waals surface area contributed by atoms with Gasteiger partial charge in [-0.2, -0.15) is 0 Å². The molecule has 4 heteroatoms. The van der Waals surface area contributed by atoms with Crippen LogP contribution in [0.15, 0.2) is 170 Å². The van der Waals surface area contributed by atoms with E-state index in [0.29, 0.717) is 0 Å². The van der Waals surface area contributed by atoms with Crippen LogP contribution >= 0.6 is 0 Å². The van der Waals surface area contributed by atoms with Crippen molar-refractivity contribution in [3.8, 4) is 45.1 Å². The van der Waals surface area contributed by atoms with Crippen molar-refractivity contribution in [1.82, 2.24) is 19.1 Å². The largest absolute Gasteiger partial charge is 0.307 e. The zero-order chi connectivity index (χ0) is 35.3. The fraction of sp³-hybridized carbons (Fsp3) is 0.0612. The van der Waals surface area contributed by atoms with Gasteiger partial charge in [0.2, 0.25) is 0 Å². The molecular weight excluding hydrogens is 645 g/mol. The van der Waals surface area contributed by atoms with Crippen LogP contribution in [0.3, 0.4) is 0 Å². The Morgan fingerprint density at radius 2 is 1.00 bits per heavy atom. The fourth-order valence-corrected chi connectivity index (χ4v) is 8.92. The topological polar surface area (TPSA) is 35.6 Å². The minimum absolute atomic E-state index is 0.294. The molecule has 7 aromatic carbocycles. The summed E-state index contributed by atoms with van der Waals surface area (Å²) in [5.74, 6) is 0.723. The number of hydrogen-bond acceptors (Lipinski definition) is 2. The third-order valence-electron chi connectivity index (χ3n) is 11.3. The zero-order valence-corrected chi connectivity index (χ0v) is 29.5. The minimum Gasteiger partial charge on any atom is -0.307 e. The predicted octanol–water partition coefficient (Wildman–Crippen LogP) is 12.3. The number of benzene rings is 7. The Hall–Kier alpha value is -6.78. The highest BCUT2D eigenvalue weighted by atomic mass is 15.1. The van der Waals surface area contributed by atoms with E-state index in [-0.39, 0.29) is 5.41 Å². The molecular formula is C49H34N4. The van der Waals surface area contributed by atoms with E-state index in [4.69, 9.17) is 9.97 Å². The molecule has 0 aliphatic heterocycles. The molecule has 53 heavy (non-hydrogen) atoms. The normalized spacial score (nSPS) is 13.2. The molecule has 0 spiro atoms. The monoisotopic (exact) mass is 678 g/mol. The summed E-state index contributed by atoms with van der Waals surface area (Å²) in [6.45, 7) is 4.59. The van der Waals surface area contributed by atoms with Crippen LogP contribution in [0.5, 0.6) is 0 Å². The molecule has 0 unspecified atom stereocenters. The van der Waals surface area contributed by atoms with Crippen LogP contribution in [0.25, 0.3) is 88.8 Å². The second kappa shape index (κ2) is 11.1. The van der Waals surface area contributed by atoms with E-state index < -0.39 is 0 Å². The molecule has 0 saturated heterocycles. The number of aromatic nitrogens is 4. The van der Waals surface area contributed by atoms with Gasteiger partial charge in [0.25, 0.3) is 0 Å². The van der Waals surface area contributed by atoms with Crippen LogP contribution < -0.4 is 0 Å². The van der Waals surface area contributed by atoms with E-state index in [1.165, 1.54) is 43.7 Å². The lowest BCUT2D eigenvalue weighted by molar-refractivity contribution is 0.636. The van der Waals surface area contributed by atoms with Crippen LogP contribution in [-0.2, 0) is 5.41 Å². The first kappa shape index (κ1) is 29.9. The van der Waals surface area contributed by atoms with Crippen molar-refractivity contribution in [1.29, 1.82) is 0 Å². The molecule has 1 aliphatic carbocycles. The molecule has 4 nitrogen and oxygen atoms in total. The Morgan fingerprint density at radius 3 is 1.72 bits per heavy atom. The van der Waals surface area contributed by atoms with Crippen LogP contribution in [0.2, 0.25) is 0 Å². The molecule has 0 saturated carbocycles. The van der Waals surface area contributed by atoms with Gasteiger partial charge in [-0.3, -0.25) is 0 Å². The van der Waals surface area contributed by atoms with Crippen LogP contribution in [0, 0.1) is 0 Å². The maximum atomic E-state index is 5.54. The molecule has 0 radical (unpaired) electrons. The Kier molecular flexibility index (Phi) is 6.27. The summed E-state index contributed by atoms with van der Waals surface area (Å²) in [4.78, 5) is 11.1. The van der Waals surface area contributed by atoms with Gasteiger partial charge in [0.1, 0.15) is 0 Å². The average molecular weight is 679 g/mol. The maximum absolute atomic E-state index is 5.54. The standard InChI is InChI=1S/C49H34N4/c1-49(2)39-25-13-9-23-37(39)43-44(31-17-5-3-6-18-31)50-48(51-47(43)49)38-24-12-16-28-42(38)53-41-27-15-11-22-34(41)36-30-29-35-33-21-10-14-26-40(33)52(45(35)46(36)53)32-19-7-4-8-20-32/h3-30H,1-2H3. The second-order valence-corrected chi connectivity index (χ2v) is 14.6. The van der Waals surface area contributed by atoms with E-state index >= 15 is 0 Å². The highest BCUT2D eigenvalue weighted by Crippen LogP contribution is 2.51. The van der Waals surface area contributed by atoms with Crippen molar-refractivity contribution in [3.63, 3.8) is 0 Å². The van der Waals surface area contributed by atoms with Crippen molar-refractivity contribution >= 4 is 43.6 Å². The Morgan fingerprint density at radius 1 is 0.453 bits per heavy atom. The van der Waals surface area contributed by atoms with E-state index in [1.807, 2.05) is 0 Å². The van der Waals surface area contributed by atoms with E-state index in [2.05, 4.69) is 193 Å². The first-order valence-corrected chi connectivity index (χ1v) is 18.3. The molecule has 3 heterocycles. The van der Waals surface area contributed by atoms with Gasteiger partial charge in [0, 0.05) is 49.3 Å². The van der Waals surface area contributed by atoms with Crippen molar-refractivity contribution in [2.75, 3.05) is 0 Å². The lowest BCUT2D eigenvalue weighted by Gasteiger charge is -2.22. The lowest BCUT2D eigenvalue weighted by Crippen LogP contribution is -2.17. The summed E-state index contributed by atoms with van der Waals surface area (Å²) in [6, 6.07) is 60.9. The van der Waals surface area contributed by atoms with Gasteiger partial charge in [-0.15, -0.1) is 0 Å². The van der Waals surface area contributed by atoms with E-state index in [0.717, 1.165) is 56.3 Å². The van der Waals surface area contributed by atoms with Crippen LogP contribution in [0.4, 0.5) is 0 Å². The average Bonchev–Trinajstić information content (AvgIpc) is 3.82. The highest BCUT2D eigenvalue weighted by molar-refractivity contribution is 6.24. The van der Waals surface area contributed by atoms with Gasteiger partial charge in [-0.05, 0) is 47.5 Å². The summed E-state index contributed by atoms with van der Waals surface area (Å²) in [5.41, 5.74) is 14.3. The zero-order valence-electron chi connectivity index (χ0n) is 29.5. The van der Waals surface area contributed by atoms with Crippen molar-refractivity contribution < 1.29 is 0 Å². The van der Waals surface area contributed by atoms with Gasteiger partial charge >= 0.3 is 0 Å². The molecule has 0 atom stereocenters. The maximum Gasteiger partial charge on any atom is 0.162 e. The van der Waals surface area contributed by atoms with E-state index in [9.17, 15) is 0 Å². The molecule has 10 aromatic rings. The highest BCUT2D eigenvalue weighted by Gasteiger charge is 2.40. The second-order valence-electron chi connectivity index (χ2n) is 14.6. The predicted molar refractivity (Wildman–Crippen MR) is 219 cm³/mol. The SMILES string of the molecule is CC1(C)c2ccccc2-c2c(-c3ccccc3)nc(-c3ccccc3-n3c4ccccc4c4ccc5c6ccccc6n(-c6ccccc6)c5c43)nc21. The smallest absolute Gasteiger partial charge is 0.162 e. The quantitative estimate of drug-likeness (QED) is 0.186. The minimum atomic E-state index is -0.294. The summed E-state index contributed by atoms with van der Waals surface area (Å²) in [6.07, 6.45) is 0. The summed E-state index contributed by atoms with van der Waals surface area (Å²) < 4.78 is 4.89. The molecule has 0 amide bonds. The molecule has 0 bridgehead atoms. The van der Waals surface area contributed by atoms with Crippen LogP contribution in [-0.4, -0.2) is 19.1 Å². The van der Waals surface area contributed by atoms with Crippen LogP contribution in [0.1, 0.15) is 25.1 Å². The number of rotatable bonds is 4. The number of hydrogen-bond donors (Lipinski definition) is 0. The van der Waals surface area contributed by atoms with Crippen molar-refractivity contribution in [3.05, 3.63) is 181 Å². The van der Waals surface area contributed by atoms with Gasteiger partial charge in [-0.25, -0.2) is 9.97 Å². The first-order valence-electron chi connectivity index (χ1n) is 18.3. The summed E-state index contributed by atoms with van der Waals surface area (Å²) in [5, 5.41) is 4.87. The summed E-state index contributed by atoms with van der Waals surface area (Å²) >= 11 is 0. The molecule has 3 aromatic heterocycles. The van der Waals surface area contributed by atoms with Crippen molar-refractivity contribution in [2.24, 2.45) is 0 Å². The number of nitrogens with zero attached hydrogens (tertiary/aromatic N) is 4. The number of para-hydroxylation sites is 4. The number of fused-ring (bicyclic) bond motifs is 10. The third-order valence-corrected chi connectivity index (χ3v) is 11.3. The lowest BCUT2D eigenvalue weighted by atomic mass is 9.85. The van der Waals surface area contributed by atoms with Gasteiger partial charge in [0.05, 0.1) is 39.1 Å². The van der Waals surface area contributed by atoms with Gasteiger partial charge < -0.3 is 9.13 Å². The first-order chi connectivity index (χ1) is 26.1. The Bertz CT molecular complexity index is 3080. The molecule has 0 N–H and O–H groups in total. The molecule has 1 aliphatic rings. The summed E-state index contributed by atoms with van der Waals surface area (Å²) in [7, 11) is 0. The third kappa shape index (κ3) is 4.18. The van der Waals surface area contributed by atoms with E-state index in [1.54, 1.807) is 0 Å².